The van der Waals surface area contributed by atoms with Gasteiger partial charge in [-0.15, -0.1) is 0 Å². The Balaban J connectivity index is 1.98. The van der Waals surface area contributed by atoms with Crippen LogP contribution in [-0.4, -0.2) is 67.2 Å². The average Bonchev–Trinajstić information content (AvgIpc) is 2.99. The van der Waals surface area contributed by atoms with Gasteiger partial charge in [-0.1, -0.05) is 13.0 Å². The largest absolute Gasteiger partial charge is 0.493 e. The summed E-state index contributed by atoms with van der Waals surface area (Å²) in [5.74, 6) is 3.12. The predicted molar refractivity (Wildman–Crippen MR) is 155 cm³/mol. The molecule has 0 fully saturated rings. The first kappa shape index (κ1) is 29.5. The Hall–Kier alpha value is -4.49. The second-order valence-electron chi connectivity index (χ2n) is 9.51. The number of hydrogen-bond acceptors (Lipinski definition) is 10. The van der Waals surface area contributed by atoms with E-state index in [1.165, 1.54) is 0 Å². The number of nitrogens with two attached hydrogens (primary N) is 1. The zero-order valence-electron chi connectivity index (χ0n) is 24.6. The van der Waals surface area contributed by atoms with Gasteiger partial charge in [-0.25, -0.2) is 0 Å². The number of benzene rings is 2. The maximum absolute atomic E-state index is 10.3. The maximum atomic E-state index is 10.3. The molecule has 0 aromatic heterocycles. The summed E-state index contributed by atoms with van der Waals surface area (Å²) in [6, 6.07) is 9.71. The van der Waals surface area contributed by atoms with Crippen LogP contribution in [0.25, 0.3) is 6.08 Å². The molecule has 2 aromatic rings. The summed E-state index contributed by atoms with van der Waals surface area (Å²) < 4.78 is 40.0. The molecular weight excluding hydrogens is 526 g/mol. The van der Waals surface area contributed by atoms with E-state index >= 15 is 0 Å². The predicted octanol–water partition coefficient (Wildman–Crippen LogP) is 4.61. The van der Waals surface area contributed by atoms with Crippen molar-refractivity contribution in [2.45, 2.75) is 19.3 Å². The van der Waals surface area contributed by atoms with Gasteiger partial charge >= 0.3 is 0 Å². The number of methoxy groups -OCH3 is 6. The highest BCUT2D eigenvalue weighted by molar-refractivity contribution is 5.71. The van der Waals surface area contributed by atoms with Gasteiger partial charge < -0.3 is 38.9 Å². The van der Waals surface area contributed by atoms with Gasteiger partial charge in [0.2, 0.25) is 17.4 Å². The Bertz CT molecular complexity index is 1440. The summed E-state index contributed by atoms with van der Waals surface area (Å²) in [7, 11) is 9.42. The number of ether oxygens (including phenoxy) is 7. The van der Waals surface area contributed by atoms with Crippen LogP contribution in [0.1, 0.15) is 30.4 Å². The van der Waals surface area contributed by atoms with Gasteiger partial charge in [0, 0.05) is 29.8 Å². The van der Waals surface area contributed by atoms with Gasteiger partial charge in [0.15, 0.2) is 23.0 Å². The van der Waals surface area contributed by atoms with Crippen molar-refractivity contribution < 1.29 is 33.2 Å². The minimum absolute atomic E-state index is 0.0437. The molecule has 2 aliphatic rings. The lowest BCUT2D eigenvalue weighted by Crippen LogP contribution is -2.38. The van der Waals surface area contributed by atoms with E-state index in [0.29, 0.717) is 58.9 Å². The van der Waals surface area contributed by atoms with Gasteiger partial charge in [0.25, 0.3) is 0 Å². The molecule has 218 valence electrons. The summed E-state index contributed by atoms with van der Waals surface area (Å²) in [5, 5.41) is 10.3. The van der Waals surface area contributed by atoms with Crippen molar-refractivity contribution in [2.24, 2.45) is 5.73 Å². The number of nitrogens with zero attached hydrogens (tertiary/aromatic N) is 2. The quantitative estimate of drug-likeness (QED) is 0.439. The third-order valence-corrected chi connectivity index (χ3v) is 7.26. The average molecular weight is 564 g/mol. The lowest BCUT2D eigenvalue weighted by Gasteiger charge is -2.38. The third-order valence-electron chi connectivity index (χ3n) is 7.26. The van der Waals surface area contributed by atoms with Gasteiger partial charge in [0.1, 0.15) is 17.4 Å². The maximum Gasteiger partial charge on any atom is 0.205 e. The molecule has 0 bridgehead atoms. The summed E-state index contributed by atoms with van der Waals surface area (Å²) in [6.07, 6.45) is 2.95. The molecule has 10 heteroatoms. The summed E-state index contributed by atoms with van der Waals surface area (Å²) >= 11 is 0. The molecule has 2 aromatic carbocycles. The standard InChI is InChI=1S/C31H37N3O7/c1-8-13-34-16-19(14-18-9-11-23(35-2)29(39-6)27(18)37-4)26-22(17-34)25(21(15-32)31(33)41-26)20-10-12-24(36-3)30(40-7)28(20)38-5/h9-12,14,25H,8,13,16-17,33H2,1-7H3/b19-14+. The van der Waals surface area contributed by atoms with Crippen molar-refractivity contribution in [3.05, 3.63) is 63.8 Å². The van der Waals surface area contributed by atoms with Gasteiger partial charge in [-0.05, 0) is 42.8 Å². The number of rotatable bonds is 10. The fourth-order valence-electron chi connectivity index (χ4n) is 5.55. The van der Waals surface area contributed by atoms with E-state index in [1.54, 1.807) is 48.7 Å². The highest BCUT2D eigenvalue weighted by Crippen LogP contribution is 2.51. The molecule has 0 amide bonds. The Morgan fingerprint density at radius 1 is 0.878 bits per heavy atom. The van der Waals surface area contributed by atoms with Gasteiger partial charge in [-0.2, -0.15) is 5.26 Å². The fourth-order valence-corrected chi connectivity index (χ4v) is 5.55. The van der Waals surface area contributed by atoms with Gasteiger partial charge in [-0.3, -0.25) is 4.90 Å². The molecular formula is C31H37N3O7. The normalized spacial score (nSPS) is 17.9. The highest BCUT2D eigenvalue weighted by Gasteiger charge is 2.40. The van der Waals surface area contributed by atoms with Crippen LogP contribution in [-0.2, 0) is 4.74 Å². The monoisotopic (exact) mass is 563 g/mol. The van der Waals surface area contributed by atoms with Crippen LogP contribution < -0.4 is 34.2 Å². The van der Waals surface area contributed by atoms with Gasteiger partial charge in [0.05, 0.1) is 48.6 Å². The first-order valence-corrected chi connectivity index (χ1v) is 13.2. The fraction of sp³-hybridized carbons (Fsp3) is 0.387. The van der Waals surface area contributed by atoms with Crippen molar-refractivity contribution in [3.63, 3.8) is 0 Å². The SMILES string of the molecule is CCCN1CC2=C(OC(N)=C(C#N)C2c2ccc(OC)c(OC)c2OC)/C(=C/c2ccc(OC)c(OC)c2OC)C1. The van der Waals surface area contributed by atoms with E-state index < -0.39 is 5.92 Å². The van der Waals surface area contributed by atoms with Crippen molar-refractivity contribution in [2.75, 3.05) is 62.3 Å². The second kappa shape index (κ2) is 12.8. The third kappa shape index (κ3) is 5.33. The first-order valence-electron chi connectivity index (χ1n) is 13.2. The van der Waals surface area contributed by atoms with E-state index in [1.807, 2.05) is 24.3 Å². The van der Waals surface area contributed by atoms with Crippen LogP contribution in [0.5, 0.6) is 34.5 Å². The summed E-state index contributed by atoms with van der Waals surface area (Å²) in [4.78, 5) is 2.32. The molecule has 2 N–H and O–H groups in total. The van der Waals surface area contributed by atoms with E-state index in [-0.39, 0.29) is 5.88 Å². The molecule has 41 heavy (non-hydrogen) atoms. The van der Waals surface area contributed by atoms with Crippen LogP contribution in [0.3, 0.4) is 0 Å². The second-order valence-corrected chi connectivity index (χ2v) is 9.51. The number of allylic oxidation sites excluding steroid dienone is 1. The van der Waals surface area contributed by atoms with Crippen LogP contribution in [0.2, 0.25) is 0 Å². The molecule has 1 atom stereocenters. The molecule has 2 heterocycles. The van der Waals surface area contributed by atoms with E-state index in [4.69, 9.17) is 38.9 Å². The smallest absolute Gasteiger partial charge is 0.205 e. The molecule has 0 radical (unpaired) electrons. The molecule has 10 nitrogen and oxygen atoms in total. The minimum Gasteiger partial charge on any atom is -0.493 e. The molecule has 0 saturated carbocycles. The molecule has 2 aliphatic heterocycles. The molecule has 0 spiro atoms. The lowest BCUT2D eigenvalue weighted by atomic mass is 9.79. The van der Waals surface area contributed by atoms with E-state index in [2.05, 4.69) is 17.9 Å². The number of nitriles is 1. The Labute approximate surface area is 241 Å². The Kier molecular flexibility index (Phi) is 9.20. The van der Waals surface area contributed by atoms with Crippen LogP contribution in [0, 0.1) is 11.3 Å². The van der Waals surface area contributed by atoms with Crippen molar-refractivity contribution >= 4 is 6.08 Å². The zero-order valence-corrected chi connectivity index (χ0v) is 24.6. The molecule has 4 rings (SSSR count). The molecule has 0 saturated heterocycles. The number of hydrogen-bond donors (Lipinski definition) is 1. The molecule has 1 unspecified atom stereocenters. The van der Waals surface area contributed by atoms with Crippen LogP contribution in [0.4, 0.5) is 0 Å². The Morgan fingerprint density at radius 3 is 2.05 bits per heavy atom. The van der Waals surface area contributed by atoms with Crippen LogP contribution >= 0.6 is 0 Å². The lowest BCUT2D eigenvalue weighted by molar-refractivity contribution is 0.233. The van der Waals surface area contributed by atoms with Crippen molar-refractivity contribution in [1.82, 2.24) is 4.90 Å². The first-order chi connectivity index (χ1) is 19.9. The van der Waals surface area contributed by atoms with E-state index in [0.717, 1.165) is 35.2 Å². The zero-order chi connectivity index (χ0) is 29.7. The van der Waals surface area contributed by atoms with Crippen molar-refractivity contribution in [1.29, 1.82) is 5.26 Å². The highest BCUT2D eigenvalue weighted by atomic mass is 16.5. The molecule has 0 aliphatic carbocycles. The van der Waals surface area contributed by atoms with E-state index in [9.17, 15) is 5.26 Å². The minimum atomic E-state index is -0.533. The summed E-state index contributed by atoms with van der Waals surface area (Å²) in [6.45, 7) is 4.16. The van der Waals surface area contributed by atoms with Crippen molar-refractivity contribution in [3.8, 4) is 40.6 Å². The van der Waals surface area contributed by atoms with Crippen LogP contribution in [0.15, 0.2) is 52.6 Å². The summed E-state index contributed by atoms with van der Waals surface area (Å²) in [5.41, 5.74) is 10.0. The Morgan fingerprint density at radius 2 is 1.49 bits per heavy atom. The topological polar surface area (TPSA) is 118 Å².